The molecule has 18 heavy (non-hydrogen) atoms. The van der Waals surface area contributed by atoms with E-state index in [2.05, 4.69) is 43.5 Å². The van der Waals surface area contributed by atoms with Crippen LogP contribution in [0.2, 0.25) is 0 Å². The summed E-state index contributed by atoms with van der Waals surface area (Å²) in [6.45, 7) is 11.1. The van der Waals surface area contributed by atoms with Crippen LogP contribution in [0, 0.1) is 20.8 Å². The van der Waals surface area contributed by atoms with E-state index in [1.165, 1.54) is 22.3 Å². The van der Waals surface area contributed by atoms with Crippen molar-refractivity contribution >= 4 is 6.03 Å². The predicted octanol–water partition coefficient (Wildman–Crippen LogP) is 3.38. The monoisotopic (exact) mass is 248 g/mol. The lowest BCUT2D eigenvalue weighted by atomic mass is 9.97. The molecule has 1 aromatic carbocycles. The third-order valence-corrected chi connectivity index (χ3v) is 3.23. The lowest BCUT2D eigenvalue weighted by Gasteiger charge is -2.18. The van der Waals surface area contributed by atoms with E-state index in [1.54, 1.807) is 0 Å². The topological polar surface area (TPSA) is 41.1 Å². The smallest absolute Gasteiger partial charge is 0.315 e. The first kappa shape index (κ1) is 14.6. The maximum Gasteiger partial charge on any atom is 0.315 e. The van der Waals surface area contributed by atoms with E-state index >= 15 is 0 Å². The largest absolute Gasteiger partial charge is 0.338 e. The Balaban J connectivity index is 2.75. The van der Waals surface area contributed by atoms with Crippen molar-refractivity contribution in [2.24, 2.45) is 0 Å². The van der Waals surface area contributed by atoms with Crippen LogP contribution >= 0.6 is 0 Å². The molecule has 3 nitrogen and oxygen atoms in total. The molecule has 0 aliphatic carbocycles. The van der Waals surface area contributed by atoms with Gasteiger partial charge in [-0.1, -0.05) is 19.1 Å². The van der Waals surface area contributed by atoms with Crippen LogP contribution < -0.4 is 10.6 Å². The average molecular weight is 248 g/mol. The minimum Gasteiger partial charge on any atom is -0.338 e. The summed E-state index contributed by atoms with van der Waals surface area (Å²) in [6, 6.07) is 4.27. The first-order chi connectivity index (χ1) is 8.45. The van der Waals surface area contributed by atoms with Gasteiger partial charge in [-0.2, -0.15) is 0 Å². The molecule has 0 saturated heterocycles. The molecule has 100 valence electrons. The molecule has 1 rings (SSSR count). The van der Waals surface area contributed by atoms with E-state index in [4.69, 9.17) is 0 Å². The summed E-state index contributed by atoms with van der Waals surface area (Å²) in [5, 5.41) is 5.80. The van der Waals surface area contributed by atoms with E-state index < -0.39 is 0 Å². The van der Waals surface area contributed by atoms with Crippen molar-refractivity contribution in [3.8, 4) is 0 Å². The van der Waals surface area contributed by atoms with Crippen LogP contribution in [0.15, 0.2) is 12.1 Å². The van der Waals surface area contributed by atoms with Crippen molar-refractivity contribution in [1.29, 1.82) is 0 Å². The molecule has 0 aliphatic heterocycles. The summed E-state index contributed by atoms with van der Waals surface area (Å²) in [4.78, 5) is 11.6. The number of nitrogens with one attached hydrogen (secondary N) is 2. The van der Waals surface area contributed by atoms with Gasteiger partial charge in [-0.25, -0.2) is 4.79 Å². The zero-order valence-electron chi connectivity index (χ0n) is 12.1. The second kappa shape index (κ2) is 6.43. The van der Waals surface area contributed by atoms with E-state index in [1.807, 2.05) is 13.8 Å². The first-order valence-corrected chi connectivity index (χ1v) is 6.57. The van der Waals surface area contributed by atoms with Crippen molar-refractivity contribution in [3.05, 3.63) is 34.4 Å². The molecule has 0 fully saturated rings. The van der Waals surface area contributed by atoms with Crippen LogP contribution in [0.1, 0.15) is 48.6 Å². The van der Waals surface area contributed by atoms with Crippen molar-refractivity contribution in [2.75, 3.05) is 6.54 Å². The van der Waals surface area contributed by atoms with E-state index in [-0.39, 0.29) is 12.1 Å². The summed E-state index contributed by atoms with van der Waals surface area (Å²) in [7, 11) is 0. The van der Waals surface area contributed by atoms with E-state index in [0.29, 0.717) is 6.54 Å². The Kier molecular flexibility index (Phi) is 5.20. The molecule has 2 N–H and O–H groups in total. The summed E-state index contributed by atoms with van der Waals surface area (Å²) in [5.41, 5.74) is 4.96. The summed E-state index contributed by atoms with van der Waals surface area (Å²) < 4.78 is 0. The Morgan fingerprint density at radius 1 is 1.17 bits per heavy atom. The number of urea groups is 1. The van der Waals surface area contributed by atoms with Gasteiger partial charge in [0, 0.05) is 6.54 Å². The number of carbonyl (C=O) groups is 1. The first-order valence-electron chi connectivity index (χ1n) is 6.57. The fourth-order valence-electron chi connectivity index (χ4n) is 2.01. The van der Waals surface area contributed by atoms with Crippen LogP contribution in [0.3, 0.4) is 0 Å². The third-order valence-electron chi connectivity index (χ3n) is 3.23. The Morgan fingerprint density at radius 2 is 1.78 bits per heavy atom. The molecule has 0 saturated carbocycles. The molecule has 0 spiro atoms. The molecule has 3 heteroatoms. The lowest BCUT2D eigenvalue weighted by molar-refractivity contribution is 0.238. The van der Waals surface area contributed by atoms with Gasteiger partial charge in [0.15, 0.2) is 0 Å². The Bertz CT molecular complexity index is 427. The molecule has 1 unspecified atom stereocenters. The number of hydrogen-bond acceptors (Lipinski definition) is 1. The maximum absolute atomic E-state index is 11.6. The number of rotatable bonds is 4. The highest BCUT2D eigenvalue weighted by molar-refractivity contribution is 5.74. The number of carbonyl (C=O) groups excluding carboxylic acids is 1. The third kappa shape index (κ3) is 3.76. The van der Waals surface area contributed by atoms with Gasteiger partial charge in [0.05, 0.1) is 6.04 Å². The standard InChI is InChI=1S/C15H24N2O/c1-6-7-16-15(18)17-13(5)14-9-11(3)10(2)8-12(14)4/h8-9,13H,6-7H2,1-5H3,(H2,16,17,18). The van der Waals surface area contributed by atoms with Gasteiger partial charge < -0.3 is 10.6 Å². The molecule has 0 radical (unpaired) electrons. The summed E-state index contributed by atoms with van der Waals surface area (Å²) in [6.07, 6.45) is 0.949. The number of aryl methyl sites for hydroxylation is 3. The van der Waals surface area contributed by atoms with Crippen LogP contribution in [0.25, 0.3) is 0 Å². The van der Waals surface area contributed by atoms with Gasteiger partial charge in [-0.15, -0.1) is 0 Å². The minimum atomic E-state index is -0.0954. The zero-order chi connectivity index (χ0) is 13.7. The second-order valence-corrected chi connectivity index (χ2v) is 4.91. The average Bonchev–Trinajstić information content (AvgIpc) is 2.31. The van der Waals surface area contributed by atoms with Crippen molar-refractivity contribution in [2.45, 2.75) is 47.1 Å². The van der Waals surface area contributed by atoms with Gasteiger partial charge in [-0.3, -0.25) is 0 Å². The van der Waals surface area contributed by atoms with Crippen LogP contribution in [-0.2, 0) is 0 Å². The van der Waals surface area contributed by atoms with Gasteiger partial charge in [-0.05, 0) is 56.4 Å². The molecule has 2 amide bonds. The van der Waals surface area contributed by atoms with Crippen LogP contribution in [0.4, 0.5) is 4.79 Å². The Hall–Kier alpha value is -1.51. The molecular weight excluding hydrogens is 224 g/mol. The fourth-order valence-corrected chi connectivity index (χ4v) is 2.01. The van der Waals surface area contributed by atoms with E-state index in [0.717, 1.165) is 6.42 Å². The predicted molar refractivity (Wildman–Crippen MR) is 75.9 cm³/mol. The van der Waals surface area contributed by atoms with Gasteiger partial charge >= 0.3 is 6.03 Å². The Labute approximate surface area is 110 Å². The van der Waals surface area contributed by atoms with Gasteiger partial charge in [0.2, 0.25) is 0 Å². The second-order valence-electron chi connectivity index (χ2n) is 4.91. The molecule has 0 heterocycles. The molecule has 0 aromatic heterocycles. The van der Waals surface area contributed by atoms with Gasteiger partial charge in [0.1, 0.15) is 0 Å². The Morgan fingerprint density at radius 3 is 2.39 bits per heavy atom. The van der Waals surface area contributed by atoms with Crippen LogP contribution in [0.5, 0.6) is 0 Å². The number of benzene rings is 1. The minimum absolute atomic E-state index is 0.0288. The van der Waals surface area contributed by atoms with Crippen molar-refractivity contribution in [1.82, 2.24) is 10.6 Å². The molecular formula is C15H24N2O. The van der Waals surface area contributed by atoms with Crippen molar-refractivity contribution in [3.63, 3.8) is 0 Å². The molecule has 1 atom stereocenters. The summed E-state index contributed by atoms with van der Waals surface area (Å²) >= 11 is 0. The highest BCUT2D eigenvalue weighted by Gasteiger charge is 2.12. The normalized spacial score (nSPS) is 12.1. The highest BCUT2D eigenvalue weighted by atomic mass is 16.2. The number of hydrogen-bond donors (Lipinski definition) is 2. The zero-order valence-corrected chi connectivity index (χ0v) is 12.1. The summed E-state index contributed by atoms with van der Waals surface area (Å²) in [5.74, 6) is 0. The lowest BCUT2D eigenvalue weighted by Crippen LogP contribution is -2.37. The maximum atomic E-state index is 11.6. The van der Waals surface area contributed by atoms with Crippen molar-refractivity contribution < 1.29 is 4.79 Å². The number of amides is 2. The molecule has 0 aliphatic rings. The van der Waals surface area contributed by atoms with Crippen LogP contribution in [-0.4, -0.2) is 12.6 Å². The molecule has 0 bridgehead atoms. The van der Waals surface area contributed by atoms with E-state index in [9.17, 15) is 4.79 Å². The molecule has 1 aromatic rings. The quantitative estimate of drug-likeness (QED) is 0.842. The van der Waals surface area contributed by atoms with Gasteiger partial charge in [0.25, 0.3) is 0 Å². The fraction of sp³-hybridized carbons (Fsp3) is 0.533. The highest BCUT2D eigenvalue weighted by Crippen LogP contribution is 2.21. The SMILES string of the molecule is CCCNC(=O)NC(C)c1cc(C)c(C)cc1C.